The van der Waals surface area contributed by atoms with E-state index in [2.05, 4.69) is 23.2 Å². The summed E-state index contributed by atoms with van der Waals surface area (Å²) in [5, 5.41) is 8.97. The van der Waals surface area contributed by atoms with Crippen molar-refractivity contribution in [2.45, 2.75) is 31.2 Å². The second-order valence-electron chi connectivity index (χ2n) is 5.64. The predicted octanol–water partition coefficient (Wildman–Crippen LogP) is 4.25. The first-order valence-corrected chi connectivity index (χ1v) is 8.70. The highest BCUT2D eigenvalue weighted by molar-refractivity contribution is 8.00. The van der Waals surface area contributed by atoms with Gasteiger partial charge in [0.25, 0.3) is 0 Å². The minimum absolute atomic E-state index is 0.0950. The molecule has 1 aromatic heterocycles. The second kappa shape index (κ2) is 7.01. The van der Waals surface area contributed by atoms with Gasteiger partial charge in [-0.2, -0.15) is 0 Å². The first-order valence-electron chi connectivity index (χ1n) is 7.82. The Morgan fingerprint density at radius 3 is 2.38 bits per heavy atom. The summed E-state index contributed by atoms with van der Waals surface area (Å²) in [6.07, 6.45) is 0. The van der Waals surface area contributed by atoms with Crippen molar-refractivity contribution in [2.24, 2.45) is 0 Å². The predicted molar refractivity (Wildman–Crippen MR) is 96.9 cm³/mol. The monoisotopic (exact) mass is 337 g/mol. The third kappa shape index (κ3) is 3.26. The van der Waals surface area contributed by atoms with Gasteiger partial charge in [0.1, 0.15) is 5.82 Å². The van der Waals surface area contributed by atoms with Crippen LogP contribution in [0.2, 0.25) is 0 Å². The number of ketones is 1. The van der Waals surface area contributed by atoms with Gasteiger partial charge >= 0.3 is 0 Å². The first-order chi connectivity index (χ1) is 11.6. The average Bonchev–Trinajstić information content (AvgIpc) is 2.96. The molecule has 0 radical (unpaired) electrons. The van der Waals surface area contributed by atoms with E-state index in [-0.39, 0.29) is 11.0 Å². The number of aryl methyl sites for hydroxylation is 2. The highest BCUT2D eigenvalue weighted by Gasteiger charge is 2.21. The van der Waals surface area contributed by atoms with E-state index in [1.54, 1.807) is 0 Å². The minimum Gasteiger partial charge on any atom is -0.293 e. The van der Waals surface area contributed by atoms with E-state index in [0.717, 1.165) is 27.8 Å². The van der Waals surface area contributed by atoms with Crippen molar-refractivity contribution in [3.8, 4) is 5.69 Å². The molecule has 0 saturated carbocycles. The molecule has 0 aliphatic heterocycles. The summed E-state index contributed by atoms with van der Waals surface area (Å²) in [5.74, 6) is 0.906. The Hall–Kier alpha value is -2.40. The fraction of sp³-hybridized carbons (Fsp3) is 0.211. The van der Waals surface area contributed by atoms with Gasteiger partial charge in [-0.3, -0.25) is 9.36 Å². The van der Waals surface area contributed by atoms with E-state index in [1.807, 2.05) is 66.9 Å². The summed E-state index contributed by atoms with van der Waals surface area (Å²) < 4.78 is 2.01. The van der Waals surface area contributed by atoms with Crippen LogP contribution in [0.1, 0.15) is 28.7 Å². The van der Waals surface area contributed by atoms with Crippen molar-refractivity contribution in [3.63, 3.8) is 0 Å². The number of carbonyl (C=O) groups excluding carboxylic acids is 1. The number of hydrogen-bond acceptors (Lipinski definition) is 4. The standard InChI is InChI=1S/C19H19N3OS/c1-13-9-7-8-12-17(13)22-15(3)20-21-19(22)24-14(2)18(23)16-10-5-4-6-11-16/h4-12,14H,1-3H3. The molecule has 0 spiro atoms. The number of rotatable bonds is 5. The maximum absolute atomic E-state index is 12.6. The van der Waals surface area contributed by atoms with Crippen molar-refractivity contribution >= 4 is 17.5 Å². The Bertz CT molecular complexity index is 858. The molecule has 122 valence electrons. The zero-order valence-electron chi connectivity index (χ0n) is 13.9. The molecule has 0 fully saturated rings. The Morgan fingerprint density at radius 1 is 1.00 bits per heavy atom. The molecule has 3 aromatic rings. The van der Waals surface area contributed by atoms with Crippen LogP contribution in [0.15, 0.2) is 59.8 Å². The molecular weight excluding hydrogens is 318 g/mol. The summed E-state index contributed by atoms with van der Waals surface area (Å²) in [5.41, 5.74) is 2.90. The van der Waals surface area contributed by atoms with Crippen molar-refractivity contribution in [2.75, 3.05) is 0 Å². The fourth-order valence-electron chi connectivity index (χ4n) is 2.56. The van der Waals surface area contributed by atoms with E-state index in [0.29, 0.717) is 0 Å². The summed E-state index contributed by atoms with van der Waals surface area (Å²) in [4.78, 5) is 12.6. The normalized spacial score (nSPS) is 12.1. The zero-order valence-corrected chi connectivity index (χ0v) is 14.7. The third-order valence-corrected chi connectivity index (χ3v) is 4.90. The van der Waals surface area contributed by atoms with Crippen molar-refractivity contribution < 1.29 is 4.79 Å². The lowest BCUT2D eigenvalue weighted by molar-refractivity contribution is 0.0994. The molecule has 2 aromatic carbocycles. The van der Waals surface area contributed by atoms with Crippen molar-refractivity contribution in [1.82, 2.24) is 14.8 Å². The molecule has 5 heteroatoms. The lowest BCUT2D eigenvalue weighted by Gasteiger charge is -2.13. The largest absolute Gasteiger partial charge is 0.293 e. The van der Waals surface area contributed by atoms with Gasteiger partial charge in [-0.15, -0.1) is 10.2 Å². The zero-order chi connectivity index (χ0) is 17.1. The third-order valence-electron chi connectivity index (χ3n) is 3.86. The number of hydrogen-bond donors (Lipinski definition) is 0. The number of carbonyl (C=O) groups is 1. The smallest absolute Gasteiger partial charge is 0.196 e. The second-order valence-corrected chi connectivity index (χ2v) is 6.95. The number of nitrogens with zero attached hydrogens (tertiary/aromatic N) is 3. The quantitative estimate of drug-likeness (QED) is 0.516. The summed E-state index contributed by atoms with van der Waals surface area (Å²) >= 11 is 1.44. The molecule has 24 heavy (non-hydrogen) atoms. The fourth-order valence-corrected chi connectivity index (χ4v) is 3.54. The Morgan fingerprint density at radius 2 is 1.67 bits per heavy atom. The highest BCUT2D eigenvalue weighted by atomic mass is 32.2. The number of benzene rings is 2. The summed E-state index contributed by atoms with van der Waals surface area (Å²) in [7, 11) is 0. The molecule has 4 nitrogen and oxygen atoms in total. The Kier molecular flexibility index (Phi) is 4.81. The van der Waals surface area contributed by atoms with Crippen molar-refractivity contribution in [1.29, 1.82) is 0 Å². The molecule has 1 atom stereocenters. The Labute approximate surface area is 145 Å². The number of para-hydroxylation sites is 1. The van der Waals surface area contributed by atoms with Crippen LogP contribution in [0.25, 0.3) is 5.69 Å². The summed E-state index contributed by atoms with van der Waals surface area (Å²) in [6, 6.07) is 17.5. The lowest BCUT2D eigenvalue weighted by Crippen LogP contribution is -2.14. The minimum atomic E-state index is -0.237. The van der Waals surface area contributed by atoms with Crippen LogP contribution in [0.3, 0.4) is 0 Å². The van der Waals surface area contributed by atoms with Crippen LogP contribution in [-0.2, 0) is 0 Å². The molecular formula is C19H19N3OS. The van der Waals surface area contributed by atoms with E-state index < -0.39 is 0 Å². The van der Waals surface area contributed by atoms with Crippen LogP contribution in [0.4, 0.5) is 0 Å². The van der Waals surface area contributed by atoms with Gasteiger partial charge in [-0.05, 0) is 32.4 Å². The van der Waals surface area contributed by atoms with Gasteiger partial charge in [-0.1, -0.05) is 60.3 Å². The van der Waals surface area contributed by atoms with Gasteiger partial charge in [0.2, 0.25) is 0 Å². The molecule has 0 aliphatic carbocycles. The van der Waals surface area contributed by atoms with Crippen LogP contribution in [-0.4, -0.2) is 25.8 Å². The molecule has 1 unspecified atom stereocenters. The summed E-state index contributed by atoms with van der Waals surface area (Å²) in [6.45, 7) is 5.89. The van der Waals surface area contributed by atoms with E-state index in [9.17, 15) is 4.79 Å². The molecule has 0 saturated heterocycles. The number of Topliss-reactive ketones (excluding diaryl/α,β-unsaturated/α-hetero) is 1. The molecule has 3 rings (SSSR count). The van der Waals surface area contributed by atoms with E-state index >= 15 is 0 Å². The maximum Gasteiger partial charge on any atom is 0.196 e. The maximum atomic E-state index is 12.6. The van der Waals surface area contributed by atoms with E-state index in [4.69, 9.17) is 0 Å². The molecule has 0 bridgehead atoms. The first kappa shape index (κ1) is 16.5. The van der Waals surface area contributed by atoms with Crippen molar-refractivity contribution in [3.05, 3.63) is 71.5 Å². The topological polar surface area (TPSA) is 47.8 Å². The number of aromatic nitrogens is 3. The van der Waals surface area contributed by atoms with Gasteiger partial charge in [-0.25, -0.2) is 0 Å². The highest BCUT2D eigenvalue weighted by Crippen LogP contribution is 2.28. The van der Waals surface area contributed by atoms with Gasteiger partial charge in [0.15, 0.2) is 10.9 Å². The van der Waals surface area contributed by atoms with Crippen LogP contribution in [0.5, 0.6) is 0 Å². The SMILES string of the molecule is Cc1ccccc1-n1c(C)nnc1SC(C)C(=O)c1ccccc1. The van der Waals surface area contributed by atoms with Crippen LogP contribution < -0.4 is 0 Å². The lowest BCUT2D eigenvalue weighted by atomic mass is 10.1. The number of thioether (sulfide) groups is 1. The van der Waals surface area contributed by atoms with Gasteiger partial charge in [0.05, 0.1) is 10.9 Å². The Balaban J connectivity index is 1.89. The van der Waals surface area contributed by atoms with Gasteiger partial charge in [0, 0.05) is 5.56 Å². The average molecular weight is 337 g/mol. The van der Waals surface area contributed by atoms with Gasteiger partial charge < -0.3 is 0 Å². The molecule has 1 heterocycles. The molecule has 0 amide bonds. The molecule has 0 aliphatic rings. The molecule has 0 N–H and O–H groups in total. The van der Waals surface area contributed by atoms with E-state index in [1.165, 1.54) is 11.8 Å². The van der Waals surface area contributed by atoms with Crippen LogP contribution in [0, 0.1) is 13.8 Å². The van der Waals surface area contributed by atoms with Crippen LogP contribution >= 0.6 is 11.8 Å².